The summed E-state index contributed by atoms with van der Waals surface area (Å²) in [5.41, 5.74) is -0.226. The van der Waals surface area contributed by atoms with Crippen LogP contribution < -0.4 is 9.80 Å². The average Bonchev–Trinajstić information content (AvgIpc) is 2.99. The molecular weight excluding hydrogens is 350 g/mol. The molecule has 3 rings (SSSR count). The third-order valence-corrected chi connectivity index (χ3v) is 5.05. The summed E-state index contributed by atoms with van der Waals surface area (Å²) in [5, 5.41) is 0.506. The number of piperazine rings is 1. The van der Waals surface area contributed by atoms with Crippen LogP contribution in [0.3, 0.4) is 0 Å². The Balaban J connectivity index is 1.66. The Bertz CT molecular complexity index is 652. The number of rotatable bonds is 4. The van der Waals surface area contributed by atoms with Gasteiger partial charge in [0.2, 0.25) is 5.95 Å². The van der Waals surface area contributed by atoms with E-state index < -0.39 is 0 Å². The van der Waals surface area contributed by atoms with Gasteiger partial charge in [0.25, 0.3) is 0 Å². The lowest BCUT2D eigenvalue weighted by Gasteiger charge is -2.39. The number of nitrogens with zero attached hydrogens (tertiary/aromatic N) is 5. The summed E-state index contributed by atoms with van der Waals surface area (Å²) in [6, 6.07) is 2.33. The number of aromatic nitrogens is 2. The molecule has 0 aliphatic carbocycles. The molecule has 0 radical (unpaired) electrons. The van der Waals surface area contributed by atoms with Crippen LogP contribution in [0.5, 0.6) is 0 Å². The van der Waals surface area contributed by atoms with Crippen molar-refractivity contribution in [3.63, 3.8) is 0 Å². The summed E-state index contributed by atoms with van der Waals surface area (Å²) in [4.78, 5) is 16.0. The summed E-state index contributed by atoms with van der Waals surface area (Å²) in [6.07, 6.45) is 2.36. The van der Waals surface area contributed by atoms with Crippen LogP contribution >= 0.6 is 11.6 Å². The molecule has 2 aliphatic heterocycles. The van der Waals surface area contributed by atoms with Crippen molar-refractivity contribution in [2.45, 2.75) is 52.2 Å². The van der Waals surface area contributed by atoms with Gasteiger partial charge in [-0.05, 0) is 47.1 Å². The Kier molecular flexibility index (Phi) is 5.51. The van der Waals surface area contributed by atoms with Crippen molar-refractivity contribution in [2.75, 3.05) is 42.5 Å². The second-order valence-electron chi connectivity index (χ2n) is 8.12. The lowest BCUT2D eigenvalue weighted by atomic mass is 10.2. The molecule has 3 heterocycles. The van der Waals surface area contributed by atoms with E-state index in [0.717, 1.165) is 50.4 Å². The van der Waals surface area contributed by atoms with E-state index in [4.69, 9.17) is 21.3 Å². The van der Waals surface area contributed by atoms with E-state index in [1.165, 1.54) is 12.8 Å². The number of hydrogen-bond donors (Lipinski definition) is 0. The van der Waals surface area contributed by atoms with Gasteiger partial charge in [0, 0.05) is 44.8 Å². The van der Waals surface area contributed by atoms with E-state index >= 15 is 0 Å². The molecule has 26 heavy (non-hydrogen) atoms. The van der Waals surface area contributed by atoms with Crippen LogP contribution in [0.15, 0.2) is 18.5 Å². The van der Waals surface area contributed by atoms with Crippen molar-refractivity contribution >= 4 is 23.4 Å². The summed E-state index contributed by atoms with van der Waals surface area (Å²) in [5.74, 6) is 2.39. The Hall–Kier alpha value is -1.69. The maximum Gasteiger partial charge on any atom is 0.228 e. The van der Waals surface area contributed by atoms with Crippen LogP contribution in [0.25, 0.3) is 0 Å². The van der Waals surface area contributed by atoms with E-state index in [-0.39, 0.29) is 5.60 Å². The zero-order chi connectivity index (χ0) is 18.9. The molecule has 0 saturated carbocycles. The molecule has 0 spiro atoms. The molecule has 0 amide bonds. The SMILES string of the molecule is C=C(OC(C)(C)C)N1CCN(c2cc(Cl)nc(N3CCCC3C)n2)CC1. The molecule has 2 saturated heterocycles. The Morgan fingerprint density at radius 3 is 2.46 bits per heavy atom. The first-order chi connectivity index (χ1) is 12.2. The second kappa shape index (κ2) is 7.51. The maximum absolute atomic E-state index is 6.30. The molecule has 1 unspecified atom stereocenters. The Morgan fingerprint density at radius 1 is 1.19 bits per heavy atom. The standard InChI is InChI=1S/C19H30ClN5O/c1-14-7-6-8-25(14)18-21-16(20)13-17(22-18)24-11-9-23(10-12-24)15(2)26-19(3,4)5/h13-14H,2,6-12H2,1,3-5H3. The van der Waals surface area contributed by atoms with Gasteiger partial charge >= 0.3 is 0 Å². The minimum Gasteiger partial charge on any atom is -0.474 e. The van der Waals surface area contributed by atoms with Crippen molar-refractivity contribution in [3.8, 4) is 0 Å². The lowest BCUT2D eigenvalue weighted by Crippen LogP contribution is -2.47. The average molecular weight is 380 g/mol. The lowest BCUT2D eigenvalue weighted by molar-refractivity contribution is 0.00163. The number of hydrogen-bond acceptors (Lipinski definition) is 6. The van der Waals surface area contributed by atoms with E-state index in [9.17, 15) is 0 Å². The van der Waals surface area contributed by atoms with Crippen LogP contribution in [0.4, 0.5) is 11.8 Å². The first-order valence-corrected chi connectivity index (χ1v) is 9.80. The highest BCUT2D eigenvalue weighted by molar-refractivity contribution is 6.29. The van der Waals surface area contributed by atoms with Crippen molar-refractivity contribution in [1.82, 2.24) is 14.9 Å². The molecule has 2 fully saturated rings. The minimum absolute atomic E-state index is 0.226. The smallest absolute Gasteiger partial charge is 0.228 e. The van der Waals surface area contributed by atoms with Gasteiger partial charge in [0.05, 0.1) is 0 Å². The first kappa shape index (κ1) is 19.1. The van der Waals surface area contributed by atoms with E-state index in [0.29, 0.717) is 11.2 Å². The molecule has 144 valence electrons. The molecule has 1 aromatic heterocycles. The fraction of sp³-hybridized carbons (Fsp3) is 0.684. The van der Waals surface area contributed by atoms with Gasteiger partial charge in [0.1, 0.15) is 16.6 Å². The minimum atomic E-state index is -0.226. The van der Waals surface area contributed by atoms with Gasteiger partial charge in [0.15, 0.2) is 5.88 Å². The van der Waals surface area contributed by atoms with Crippen LogP contribution in [-0.2, 0) is 4.74 Å². The van der Waals surface area contributed by atoms with Crippen LogP contribution in [0.2, 0.25) is 5.15 Å². The number of ether oxygens (including phenoxy) is 1. The third kappa shape index (κ3) is 4.53. The maximum atomic E-state index is 6.30. The summed E-state index contributed by atoms with van der Waals surface area (Å²) in [6.45, 7) is 16.8. The molecular formula is C19H30ClN5O. The largest absolute Gasteiger partial charge is 0.474 e. The molecule has 0 bridgehead atoms. The van der Waals surface area contributed by atoms with E-state index in [2.05, 4.69) is 33.2 Å². The van der Waals surface area contributed by atoms with Gasteiger partial charge in [-0.25, -0.2) is 4.98 Å². The molecule has 1 atom stereocenters. The summed E-state index contributed by atoms with van der Waals surface area (Å²) >= 11 is 6.30. The van der Waals surface area contributed by atoms with Gasteiger partial charge in [-0.2, -0.15) is 4.98 Å². The van der Waals surface area contributed by atoms with Gasteiger partial charge in [-0.1, -0.05) is 11.6 Å². The topological polar surface area (TPSA) is 44.7 Å². The van der Waals surface area contributed by atoms with Crippen molar-refractivity contribution in [2.24, 2.45) is 0 Å². The predicted molar refractivity (Wildman–Crippen MR) is 107 cm³/mol. The monoisotopic (exact) mass is 379 g/mol. The number of halogens is 1. The van der Waals surface area contributed by atoms with E-state index in [1.807, 2.05) is 26.8 Å². The van der Waals surface area contributed by atoms with Crippen molar-refractivity contribution in [1.29, 1.82) is 0 Å². The van der Waals surface area contributed by atoms with Crippen molar-refractivity contribution < 1.29 is 4.74 Å². The van der Waals surface area contributed by atoms with Crippen LogP contribution in [0.1, 0.15) is 40.5 Å². The van der Waals surface area contributed by atoms with Gasteiger partial charge < -0.3 is 19.4 Å². The second-order valence-corrected chi connectivity index (χ2v) is 8.50. The number of anilines is 2. The van der Waals surface area contributed by atoms with E-state index in [1.54, 1.807) is 0 Å². The predicted octanol–water partition coefficient (Wildman–Crippen LogP) is 3.53. The fourth-order valence-corrected chi connectivity index (χ4v) is 3.69. The summed E-state index contributed by atoms with van der Waals surface area (Å²) < 4.78 is 5.90. The molecule has 0 aromatic carbocycles. The highest BCUT2D eigenvalue weighted by Crippen LogP contribution is 2.27. The highest BCUT2D eigenvalue weighted by Gasteiger charge is 2.26. The summed E-state index contributed by atoms with van der Waals surface area (Å²) in [7, 11) is 0. The molecule has 0 N–H and O–H groups in total. The van der Waals surface area contributed by atoms with Gasteiger partial charge in [-0.15, -0.1) is 0 Å². The molecule has 2 aliphatic rings. The highest BCUT2D eigenvalue weighted by atomic mass is 35.5. The zero-order valence-corrected chi connectivity index (χ0v) is 17.1. The fourth-order valence-electron chi connectivity index (χ4n) is 3.52. The first-order valence-electron chi connectivity index (χ1n) is 9.42. The normalized spacial score (nSPS) is 21.3. The Morgan fingerprint density at radius 2 is 1.88 bits per heavy atom. The van der Waals surface area contributed by atoms with Crippen LogP contribution in [0, 0.1) is 0 Å². The third-order valence-electron chi connectivity index (χ3n) is 4.86. The van der Waals surface area contributed by atoms with Crippen LogP contribution in [-0.4, -0.2) is 59.2 Å². The van der Waals surface area contributed by atoms with Gasteiger partial charge in [-0.3, -0.25) is 0 Å². The molecule has 1 aromatic rings. The molecule has 7 heteroatoms. The zero-order valence-electron chi connectivity index (χ0n) is 16.3. The Labute approximate surface area is 161 Å². The quantitative estimate of drug-likeness (QED) is 0.589. The molecule has 6 nitrogen and oxygen atoms in total. The van der Waals surface area contributed by atoms with Crippen molar-refractivity contribution in [3.05, 3.63) is 23.7 Å².